The lowest BCUT2D eigenvalue weighted by atomic mass is 10.0. The van der Waals surface area contributed by atoms with Crippen LogP contribution in [0.15, 0.2) is 59.4 Å². The van der Waals surface area contributed by atoms with Crippen LogP contribution >= 0.6 is 0 Å². The predicted octanol–water partition coefficient (Wildman–Crippen LogP) is 3.03. The van der Waals surface area contributed by atoms with Gasteiger partial charge in [0.1, 0.15) is 12.4 Å². The Labute approximate surface area is 180 Å². The van der Waals surface area contributed by atoms with Crippen LogP contribution in [0.3, 0.4) is 0 Å². The molecule has 0 spiro atoms. The smallest absolute Gasteiger partial charge is 0.410 e. The Morgan fingerprint density at radius 3 is 2.52 bits per heavy atom. The summed E-state index contributed by atoms with van der Waals surface area (Å²) in [5.74, 6) is -0.00518. The first-order valence-electron chi connectivity index (χ1n) is 9.87. The molecule has 0 saturated carbocycles. The number of pyridine rings is 1. The van der Waals surface area contributed by atoms with E-state index in [1.54, 1.807) is 12.1 Å². The van der Waals surface area contributed by atoms with Gasteiger partial charge in [0.25, 0.3) is 0 Å². The number of nitrogens with one attached hydrogen (secondary N) is 1. The number of hydrogen-bond acceptors (Lipinski definition) is 6. The van der Waals surface area contributed by atoms with E-state index < -0.39 is 12.4 Å². The maximum atomic E-state index is 12.8. The Hall–Kier alpha value is -3.36. The second-order valence-electron chi connectivity index (χ2n) is 6.99. The SMILES string of the molecule is COC(CN(CCc1ccc(O)c2[nH]c(=O)ccc12)C(=O)OCc1ccccc1)OC. The van der Waals surface area contributed by atoms with Crippen LogP contribution in [0.5, 0.6) is 5.75 Å². The molecule has 2 aromatic carbocycles. The minimum absolute atomic E-state index is 0.00518. The van der Waals surface area contributed by atoms with Gasteiger partial charge in [-0.2, -0.15) is 0 Å². The van der Waals surface area contributed by atoms with Crippen LogP contribution in [-0.4, -0.2) is 54.7 Å². The van der Waals surface area contributed by atoms with E-state index in [-0.39, 0.29) is 24.5 Å². The normalized spacial score (nSPS) is 11.1. The largest absolute Gasteiger partial charge is 0.506 e. The van der Waals surface area contributed by atoms with Crippen molar-refractivity contribution in [1.29, 1.82) is 0 Å². The van der Waals surface area contributed by atoms with Gasteiger partial charge >= 0.3 is 6.09 Å². The second kappa shape index (κ2) is 10.6. The number of hydrogen-bond donors (Lipinski definition) is 2. The minimum atomic E-state index is -0.600. The molecule has 1 amide bonds. The molecule has 0 aliphatic heterocycles. The standard InChI is InChI=1S/C23H26N2O6/c1-29-21(30-2)14-25(23(28)31-15-16-6-4-3-5-7-16)13-12-17-8-10-19(26)22-18(17)9-11-20(27)24-22/h3-11,21,26H,12-15H2,1-2H3,(H,24,27). The average Bonchev–Trinajstić information content (AvgIpc) is 2.79. The van der Waals surface area contributed by atoms with Gasteiger partial charge in [0, 0.05) is 32.2 Å². The van der Waals surface area contributed by atoms with Gasteiger partial charge in [-0.15, -0.1) is 0 Å². The molecular weight excluding hydrogens is 400 g/mol. The fraction of sp³-hybridized carbons (Fsp3) is 0.304. The molecule has 1 heterocycles. The number of carbonyl (C=O) groups excluding carboxylic acids is 1. The molecule has 0 aliphatic carbocycles. The third-order valence-corrected chi connectivity index (χ3v) is 4.97. The number of carbonyl (C=O) groups is 1. The number of phenolic OH excluding ortho intramolecular Hbond substituents is 1. The van der Waals surface area contributed by atoms with E-state index in [0.29, 0.717) is 23.9 Å². The molecule has 0 unspecified atom stereocenters. The number of aromatic hydroxyl groups is 1. The first kappa shape index (κ1) is 22.3. The minimum Gasteiger partial charge on any atom is -0.506 e. The Kier molecular flexibility index (Phi) is 7.64. The Balaban J connectivity index is 1.75. The second-order valence-corrected chi connectivity index (χ2v) is 6.99. The van der Waals surface area contributed by atoms with Crippen LogP contribution in [0.1, 0.15) is 11.1 Å². The van der Waals surface area contributed by atoms with Gasteiger partial charge in [-0.05, 0) is 29.7 Å². The van der Waals surface area contributed by atoms with Crippen molar-refractivity contribution in [2.24, 2.45) is 0 Å². The first-order chi connectivity index (χ1) is 15.0. The number of aromatic nitrogens is 1. The maximum Gasteiger partial charge on any atom is 0.410 e. The zero-order valence-electron chi connectivity index (χ0n) is 17.5. The van der Waals surface area contributed by atoms with Crippen molar-refractivity contribution < 1.29 is 24.1 Å². The van der Waals surface area contributed by atoms with E-state index in [0.717, 1.165) is 11.1 Å². The number of ether oxygens (including phenoxy) is 3. The van der Waals surface area contributed by atoms with Gasteiger partial charge < -0.3 is 29.2 Å². The molecule has 3 aromatic rings. The molecular formula is C23H26N2O6. The van der Waals surface area contributed by atoms with Gasteiger partial charge in [-0.1, -0.05) is 36.4 Å². The summed E-state index contributed by atoms with van der Waals surface area (Å²) in [6.45, 7) is 0.674. The Morgan fingerprint density at radius 2 is 1.81 bits per heavy atom. The number of nitrogens with zero attached hydrogens (tertiary/aromatic N) is 1. The topological polar surface area (TPSA) is 101 Å². The van der Waals surface area contributed by atoms with Crippen LogP contribution in [0.25, 0.3) is 10.9 Å². The fourth-order valence-electron chi connectivity index (χ4n) is 3.26. The summed E-state index contributed by atoms with van der Waals surface area (Å²) in [4.78, 5) is 28.6. The number of benzene rings is 2. The number of phenols is 1. The number of H-pyrrole nitrogens is 1. The van der Waals surface area contributed by atoms with Crippen molar-refractivity contribution in [1.82, 2.24) is 9.88 Å². The van der Waals surface area contributed by atoms with E-state index in [1.807, 2.05) is 30.3 Å². The summed E-state index contributed by atoms with van der Waals surface area (Å²) < 4.78 is 16.0. The van der Waals surface area contributed by atoms with Gasteiger partial charge in [-0.25, -0.2) is 4.79 Å². The van der Waals surface area contributed by atoms with E-state index in [1.165, 1.54) is 31.3 Å². The van der Waals surface area contributed by atoms with Crippen molar-refractivity contribution in [3.63, 3.8) is 0 Å². The molecule has 0 atom stereocenters. The third-order valence-electron chi connectivity index (χ3n) is 4.97. The molecule has 164 valence electrons. The molecule has 0 radical (unpaired) electrons. The summed E-state index contributed by atoms with van der Waals surface area (Å²) in [6.07, 6.45) is -0.611. The van der Waals surface area contributed by atoms with Crippen molar-refractivity contribution in [3.8, 4) is 5.75 Å². The Morgan fingerprint density at radius 1 is 1.06 bits per heavy atom. The molecule has 2 N–H and O–H groups in total. The molecule has 8 nitrogen and oxygen atoms in total. The number of fused-ring (bicyclic) bond motifs is 1. The van der Waals surface area contributed by atoms with Gasteiger partial charge in [0.2, 0.25) is 5.56 Å². The maximum absolute atomic E-state index is 12.8. The molecule has 0 saturated heterocycles. The molecule has 0 fully saturated rings. The van der Waals surface area contributed by atoms with Gasteiger partial charge in [0.15, 0.2) is 6.29 Å². The summed E-state index contributed by atoms with van der Waals surface area (Å²) in [5.41, 5.74) is 1.83. The molecule has 0 bridgehead atoms. The average molecular weight is 426 g/mol. The third kappa shape index (κ3) is 5.84. The van der Waals surface area contributed by atoms with E-state index in [9.17, 15) is 14.7 Å². The van der Waals surface area contributed by atoms with Crippen molar-refractivity contribution >= 4 is 17.0 Å². The predicted molar refractivity (Wildman–Crippen MR) is 116 cm³/mol. The number of methoxy groups -OCH3 is 2. The highest BCUT2D eigenvalue weighted by Crippen LogP contribution is 2.25. The van der Waals surface area contributed by atoms with Crippen LogP contribution in [0.2, 0.25) is 0 Å². The zero-order chi connectivity index (χ0) is 22.2. The van der Waals surface area contributed by atoms with Crippen LogP contribution in [0.4, 0.5) is 4.79 Å². The fourth-order valence-corrected chi connectivity index (χ4v) is 3.26. The zero-order valence-corrected chi connectivity index (χ0v) is 17.5. The van der Waals surface area contributed by atoms with E-state index in [4.69, 9.17) is 14.2 Å². The summed E-state index contributed by atoms with van der Waals surface area (Å²) in [6, 6.07) is 15.8. The molecule has 8 heteroatoms. The lowest BCUT2D eigenvalue weighted by molar-refractivity contribution is -0.113. The summed E-state index contributed by atoms with van der Waals surface area (Å²) in [5, 5.41) is 10.8. The molecule has 1 aromatic heterocycles. The number of amides is 1. The molecule has 31 heavy (non-hydrogen) atoms. The van der Waals surface area contributed by atoms with E-state index >= 15 is 0 Å². The van der Waals surface area contributed by atoms with Crippen LogP contribution in [0, 0.1) is 0 Å². The summed E-state index contributed by atoms with van der Waals surface area (Å²) >= 11 is 0. The van der Waals surface area contributed by atoms with Gasteiger partial charge in [-0.3, -0.25) is 4.79 Å². The monoisotopic (exact) mass is 426 g/mol. The van der Waals surface area contributed by atoms with Gasteiger partial charge in [0.05, 0.1) is 12.1 Å². The lowest BCUT2D eigenvalue weighted by Gasteiger charge is -2.26. The molecule has 3 rings (SSSR count). The lowest BCUT2D eigenvalue weighted by Crippen LogP contribution is -2.40. The Bertz CT molecular complexity index is 1060. The van der Waals surface area contributed by atoms with Crippen LogP contribution < -0.4 is 5.56 Å². The van der Waals surface area contributed by atoms with Crippen molar-refractivity contribution in [3.05, 3.63) is 76.1 Å². The highest BCUT2D eigenvalue weighted by atomic mass is 16.7. The molecule has 0 aliphatic rings. The highest BCUT2D eigenvalue weighted by molar-refractivity contribution is 5.87. The summed E-state index contributed by atoms with van der Waals surface area (Å²) in [7, 11) is 3.01. The van der Waals surface area contributed by atoms with Crippen LogP contribution in [-0.2, 0) is 27.2 Å². The first-order valence-corrected chi connectivity index (χ1v) is 9.87. The van der Waals surface area contributed by atoms with Crippen molar-refractivity contribution in [2.75, 3.05) is 27.3 Å². The number of rotatable bonds is 9. The number of aromatic amines is 1. The van der Waals surface area contributed by atoms with Crippen molar-refractivity contribution in [2.45, 2.75) is 19.3 Å². The highest BCUT2D eigenvalue weighted by Gasteiger charge is 2.20. The quantitative estimate of drug-likeness (QED) is 0.510. The van der Waals surface area contributed by atoms with E-state index in [2.05, 4.69) is 4.98 Å².